The van der Waals surface area contributed by atoms with E-state index in [9.17, 15) is 4.79 Å². The van der Waals surface area contributed by atoms with Crippen molar-refractivity contribution in [3.8, 4) is 0 Å². The predicted molar refractivity (Wildman–Crippen MR) is 57.8 cm³/mol. The highest BCUT2D eigenvalue weighted by Gasteiger charge is 2.09. The average molecular weight is 224 g/mol. The molecule has 15 heavy (non-hydrogen) atoms. The second-order valence-corrected chi connectivity index (χ2v) is 3.59. The van der Waals surface area contributed by atoms with E-state index in [0.717, 1.165) is 6.54 Å². The molecular weight excluding hydrogens is 214 g/mol. The number of carbonyl (C=O) groups is 1. The summed E-state index contributed by atoms with van der Waals surface area (Å²) in [6.07, 6.45) is 1.45. The van der Waals surface area contributed by atoms with Gasteiger partial charge in [-0.1, -0.05) is 11.6 Å². The molecule has 1 aromatic carbocycles. The van der Waals surface area contributed by atoms with Crippen molar-refractivity contribution in [2.24, 2.45) is 0 Å². The Morgan fingerprint density at radius 2 is 2.13 bits per heavy atom. The van der Waals surface area contributed by atoms with Gasteiger partial charge >= 0.3 is 0 Å². The lowest BCUT2D eigenvalue weighted by atomic mass is 10.1. The molecule has 3 nitrogen and oxygen atoms in total. The van der Waals surface area contributed by atoms with E-state index in [2.05, 4.69) is 5.32 Å². The van der Waals surface area contributed by atoms with Gasteiger partial charge in [0.2, 0.25) is 0 Å². The maximum absolute atomic E-state index is 11.7. The summed E-state index contributed by atoms with van der Waals surface area (Å²) in [5.74, 6) is 0.450. The molecular formula is C11H10ClNO2. The minimum Gasteiger partial charge on any atom is -0.477 e. The molecule has 4 heteroatoms. The number of halogens is 1. The van der Waals surface area contributed by atoms with Crippen LogP contribution in [0.25, 0.3) is 0 Å². The molecule has 0 unspecified atom stereocenters. The van der Waals surface area contributed by atoms with Gasteiger partial charge in [0.05, 0.1) is 6.54 Å². The maximum Gasteiger partial charge on any atom is 0.191 e. The summed E-state index contributed by atoms with van der Waals surface area (Å²) in [7, 11) is 0. The number of nitrogens with one attached hydrogen (secondary N) is 1. The lowest BCUT2D eigenvalue weighted by Gasteiger charge is -1.99. The van der Waals surface area contributed by atoms with Gasteiger partial charge in [-0.25, -0.2) is 0 Å². The minimum absolute atomic E-state index is 0.0870. The zero-order valence-corrected chi connectivity index (χ0v) is 8.75. The number of benzene rings is 1. The van der Waals surface area contributed by atoms with Crippen molar-refractivity contribution in [1.82, 2.24) is 5.32 Å². The first-order chi connectivity index (χ1) is 7.25. The van der Waals surface area contributed by atoms with E-state index in [-0.39, 0.29) is 5.78 Å². The standard InChI is InChI=1S/C11H10ClNO2/c12-9-3-1-8(2-4-9)10(14)7-11-13-5-6-15-11/h1-4,7,13H,5-6H2/b11-7+. The van der Waals surface area contributed by atoms with E-state index >= 15 is 0 Å². The van der Waals surface area contributed by atoms with Crippen molar-refractivity contribution in [2.45, 2.75) is 0 Å². The normalized spacial score (nSPS) is 17.3. The first-order valence-electron chi connectivity index (χ1n) is 4.64. The lowest BCUT2D eigenvalue weighted by molar-refractivity contribution is 0.104. The number of carbonyl (C=O) groups excluding carboxylic acids is 1. The first kappa shape index (κ1) is 10.1. The highest BCUT2D eigenvalue weighted by molar-refractivity contribution is 6.30. The molecule has 0 radical (unpaired) electrons. The molecule has 0 atom stereocenters. The maximum atomic E-state index is 11.7. The smallest absolute Gasteiger partial charge is 0.191 e. The SMILES string of the molecule is O=C(/C=C1\NCCO1)c1ccc(Cl)cc1. The van der Waals surface area contributed by atoms with Crippen LogP contribution in [-0.2, 0) is 4.74 Å². The van der Waals surface area contributed by atoms with E-state index in [1.54, 1.807) is 24.3 Å². The van der Waals surface area contributed by atoms with Crippen LogP contribution in [0.2, 0.25) is 5.02 Å². The zero-order valence-electron chi connectivity index (χ0n) is 8.00. The second kappa shape index (κ2) is 4.36. The Morgan fingerprint density at radius 3 is 2.73 bits per heavy atom. The van der Waals surface area contributed by atoms with Crippen molar-refractivity contribution < 1.29 is 9.53 Å². The van der Waals surface area contributed by atoms with Crippen LogP contribution >= 0.6 is 11.6 Å². The Labute approximate surface area is 92.7 Å². The molecule has 78 valence electrons. The fraction of sp³-hybridized carbons (Fsp3) is 0.182. The van der Waals surface area contributed by atoms with Crippen molar-refractivity contribution in [1.29, 1.82) is 0 Å². The minimum atomic E-state index is -0.0870. The molecule has 0 aromatic heterocycles. The van der Waals surface area contributed by atoms with Crippen molar-refractivity contribution >= 4 is 17.4 Å². The van der Waals surface area contributed by atoms with Gasteiger partial charge in [-0.2, -0.15) is 0 Å². The monoisotopic (exact) mass is 223 g/mol. The van der Waals surface area contributed by atoms with E-state index in [0.29, 0.717) is 23.1 Å². The molecule has 1 saturated heterocycles. The largest absolute Gasteiger partial charge is 0.477 e. The Kier molecular flexibility index (Phi) is 2.92. The van der Waals surface area contributed by atoms with E-state index in [1.165, 1.54) is 6.08 Å². The molecule has 1 aliphatic rings. The third-order valence-electron chi connectivity index (χ3n) is 2.05. The Hall–Kier alpha value is -1.48. The summed E-state index contributed by atoms with van der Waals surface area (Å²) in [5.41, 5.74) is 0.601. The number of hydrogen-bond acceptors (Lipinski definition) is 3. The van der Waals surface area contributed by atoms with Gasteiger partial charge in [0.15, 0.2) is 11.7 Å². The van der Waals surface area contributed by atoms with Crippen LogP contribution in [-0.4, -0.2) is 18.9 Å². The zero-order chi connectivity index (χ0) is 10.7. The lowest BCUT2D eigenvalue weighted by Crippen LogP contribution is -2.07. The van der Waals surface area contributed by atoms with Crippen molar-refractivity contribution in [3.63, 3.8) is 0 Å². The predicted octanol–water partition coefficient (Wildman–Crippen LogP) is 1.98. The summed E-state index contributed by atoms with van der Waals surface area (Å²) >= 11 is 5.72. The van der Waals surface area contributed by atoms with E-state index in [1.807, 2.05) is 0 Å². The molecule has 0 amide bonds. The topological polar surface area (TPSA) is 38.3 Å². The van der Waals surface area contributed by atoms with Gasteiger partial charge in [0.1, 0.15) is 6.61 Å². The van der Waals surface area contributed by atoms with Gasteiger partial charge in [0.25, 0.3) is 0 Å². The van der Waals surface area contributed by atoms with E-state index < -0.39 is 0 Å². The third kappa shape index (κ3) is 2.50. The number of ketones is 1. The van der Waals surface area contributed by atoms with Gasteiger partial charge in [-0.3, -0.25) is 4.79 Å². The molecule has 1 heterocycles. The van der Waals surface area contributed by atoms with Crippen molar-refractivity contribution in [2.75, 3.05) is 13.2 Å². The van der Waals surface area contributed by atoms with E-state index in [4.69, 9.17) is 16.3 Å². The molecule has 2 rings (SSSR count). The molecule has 1 aromatic rings. The van der Waals surface area contributed by atoms with Crippen LogP contribution in [0.4, 0.5) is 0 Å². The van der Waals surface area contributed by atoms with Gasteiger partial charge in [-0.05, 0) is 24.3 Å². The quantitative estimate of drug-likeness (QED) is 0.616. The number of allylic oxidation sites excluding steroid dienone is 1. The third-order valence-corrected chi connectivity index (χ3v) is 2.30. The van der Waals surface area contributed by atoms with Crippen LogP contribution in [0.1, 0.15) is 10.4 Å². The van der Waals surface area contributed by atoms with Crippen LogP contribution in [0.3, 0.4) is 0 Å². The summed E-state index contributed by atoms with van der Waals surface area (Å²) < 4.78 is 5.17. The number of hydrogen-bond donors (Lipinski definition) is 1. The fourth-order valence-electron chi connectivity index (χ4n) is 1.30. The van der Waals surface area contributed by atoms with Crippen LogP contribution in [0, 0.1) is 0 Å². The number of ether oxygens (including phenoxy) is 1. The van der Waals surface area contributed by atoms with Crippen molar-refractivity contribution in [3.05, 3.63) is 46.8 Å². The Morgan fingerprint density at radius 1 is 1.40 bits per heavy atom. The number of rotatable bonds is 2. The molecule has 0 bridgehead atoms. The molecule has 0 aliphatic carbocycles. The second-order valence-electron chi connectivity index (χ2n) is 3.15. The summed E-state index contributed by atoms with van der Waals surface area (Å²) in [5, 5.41) is 3.58. The Balaban J connectivity index is 2.14. The molecule has 1 aliphatic heterocycles. The van der Waals surface area contributed by atoms with Crippen LogP contribution < -0.4 is 5.32 Å². The molecule has 1 fully saturated rings. The van der Waals surface area contributed by atoms with Gasteiger partial charge < -0.3 is 10.1 Å². The van der Waals surface area contributed by atoms with Gasteiger partial charge in [-0.15, -0.1) is 0 Å². The summed E-state index contributed by atoms with van der Waals surface area (Å²) in [4.78, 5) is 11.7. The van der Waals surface area contributed by atoms with Gasteiger partial charge in [0, 0.05) is 16.7 Å². The van der Waals surface area contributed by atoms with Crippen LogP contribution in [0.5, 0.6) is 0 Å². The first-order valence-corrected chi connectivity index (χ1v) is 5.02. The summed E-state index contributed by atoms with van der Waals surface area (Å²) in [6, 6.07) is 6.76. The molecule has 0 saturated carbocycles. The average Bonchev–Trinajstić information content (AvgIpc) is 2.71. The Bertz CT molecular complexity index is 390. The van der Waals surface area contributed by atoms with Crippen LogP contribution in [0.15, 0.2) is 36.2 Å². The highest BCUT2D eigenvalue weighted by atomic mass is 35.5. The molecule has 1 N–H and O–H groups in total. The fourth-order valence-corrected chi connectivity index (χ4v) is 1.42. The highest BCUT2D eigenvalue weighted by Crippen LogP contribution is 2.11. The summed E-state index contributed by atoms with van der Waals surface area (Å²) in [6.45, 7) is 1.36. The molecule has 0 spiro atoms.